The first-order chi connectivity index (χ1) is 12.1. The Kier molecular flexibility index (Phi) is 6.26. The second-order valence-corrected chi connectivity index (χ2v) is 6.56. The lowest BCUT2D eigenvalue weighted by Gasteiger charge is -2.26. The van der Waals surface area contributed by atoms with Gasteiger partial charge in [-0.1, -0.05) is 35.3 Å². The van der Waals surface area contributed by atoms with Crippen LogP contribution in [-0.4, -0.2) is 55.2 Å². The van der Waals surface area contributed by atoms with Crippen LogP contribution in [0.2, 0.25) is 10.0 Å². The van der Waals surface area contributed by atoms with Crippen molar-refractivity contribution in [3.63, 3.8) is 0 Å². The summed E-state index contributed by atoms with van der Waals surface area (Å²) in [5, 5.41) is 3.86. The Balaban J connectivity index is 1.64. The third-order valence-electron chi connectivity index (χ3n) is 4.08. The van der Waals surface area contributed by atoms with Crippen molar-refractivity contribution in [1.82, 2.24) is 15.2 Å². The number of pyridine rings is 1. The van der Waals surface area contributed by atoms with Gasteiger partial charge >= 0.3 is 0 Å². The maximum atomic E-state index is 12.4. The predicted molar refractivity (Wildman–Crippen MR) is 99.3 cm³/mol. The van der Waals surface area contributed by atoms with Crippen LogP contribution in [0.1, 0.15) is 10.4 Å². The van der Waals surface area contributed by atoms with E-state index in [-0.39, 0.29) is 5.91 Å². The Morgan fingerprint density at radius 1 is 1.24 bits per heavy atom. The highest BCUT2D eigenvalue weighted by Crippen LogP contribution is 2.33. The molecule has 2 heterocycles. The molecule has 1 aromatic heterocycles. The van der Waals surface area contributed by atoms with Crippen molar-refractivity contribution in [1.29, 1.82) is 0 Å². The molecule has 3 rings (SSSR count). The molecular formula is C18H19Cl2N3O2. The lowest BCUT2D eigenvalue weighted by molar-refractivity contribution is 0.0383. The van der Waals surface area contributed by atoms with Crippen LogP contribution in [0.5, 0.6) is 0 Å². The zero-order valence-electron chi connectivity index (χ0n) is 13.7. The Hall–Kier alpha value is -1.66. The maximum Gasteiger partial charge on any atom is 0.252 e. The molecule has 1 aliphatic rings. The first kappa shape index (κ1) is 18.1. The molecule has 0 aliphatic carbocycles. The van der Waals surface area contributed by atoms with Crippen molar-refractivity contribution in [2.24, 2.45) is 0 Å². The van der Waals surface area contributed by atoms with Gasteiger partial charge in [0.25, 0.3) is 5.91 Å². The number of aromatic nitrogens is 1. The van der Waals surface area contributed by atoms with Crippen LogP contribution < -0.4 is 5.32 Å². The highest BCUT2D eigenvalue weighted by Gasteiger charge is 2.13. The summed E-state index contributed by atoms with van der Waals surface area (Å²) in [6.07, 6.45) is 3.22. The van der Waals surface area contributed by atoms with E-state index < -0.39 is 0 Å². The number of nitrogens with zero attached hydrogens (tertiary/aromatic N) is 2. The van der Waals surface area contributed by atoms with Gasteiger partial charge in [-0.05, 0) is 12.1 Å². The molecule has 1 aromatic carbocycles. The van der Waals surface area contributed by atoms with Crippen molar-refractivity contribution >= 4 is 29.1 Å². The van der Waals surface area contributed by atoms with Gasteiger partial charge in [-0.15, -0.1) is 0 Å². The number of morpholine rings is 1. The van der Waals surface area contributed by atoms with E-state index in [2.05, 4.69) is 15.2 Å². The van der Waals surface area contributed by atoms with Gasteiger partial charge in [-0.2, -0.15) is 0 Å². The number of hydrogen-bond acceptors (Lipinski definition) is 4. The van der Waals surface area contributed by atoms with Gasteiger partial charge < -0.3 is 10.1 Å². The van der Waals surface area contributed by atoms with Gasteiger partial charge in [0.05, 0.1) is 28.8 Å². The molecule has 1 saturated heterocycles. The molecule has 1 aliphatic heterocycles. The van der Waals surface area contributed by atoms with Gasteiger partial charge in [-0.3, -0.25) is 14.7 Å². The second-order valence-electron chi connectivity index (χ2n) is 5.77. The Morgan fingerprint density at radius 2 is 2.04 bits per heavy atom. The summed E-state index contributed by atoms with van der Waals surface area (Å²) in [7, 11) is 0. The Bertz CT molecular complexity index is 749. The minimum atomic E-state index is -0.152. The maximum absolute atomic E-state index is 12.4. The highest BCUT2D eigenvalue weighted by molar-refractivity contribution is 6.43. The first-order valence-electron chi connectivity index (χ1n) is 8.13. The van der Waals surface area contributed by atoms with Crippen LogP contribution in [-0.2, 0) is 4.74 Å². The number of carbonyl (C=O) groups is 1. The van der Waals surface area contributed by atoms with E-state index in [1.807, 2.05) is 12.1 Å². The van der Waals surface area contributed by atoms with E-state index in [1.165, 1.54) is 0 Å². The van der Waals surface area contributed by atoms with Crippen LogP contribution in [0.15, 0.2) is 36.7 Å². The van der Waals surface area contributed by atoms with Crippen molar-refractivity contribution in [3.05, 3.63) is 52.3 Å². The van der Waals surface area contributed by atoms with Gasteiger partial charge in [-0.25, -0.2) is 0 Å². The van der Waals surface area contributed by atoms with Crippen LogP contribution in [0.4, 0.5) is 0 Å². The van der Waals surface area contributed by atoms with Gasteiger partial charge in [0.2, 0.25) is 0 Å². The smallest absolute Gasteiger partial charge is 0.252 e. The number of ether oxygens (including phenoxy) is 1. The van der Waals surface area contributed by atoms with E-state index in [4.69, 9.17) is 27.9 Å². The third-order valence-corrected chi connectivity index (χ3v) is 4.90. The summed E-state index contributed by atoms with van der Waals surface area (Å²) in [5.41, 5.74) is 2.01. The zero-order valence-corrected chi connectivity index (χ0v) is 15.2. The summed E-state index contributed by atoms with van der Waals surface area (Å²) in [4.78, 5) is 18.8. The van der Waals surface area contributed by atoms with Crippen molar-refractivity contribution in [2.45, 2.75) is 0 Å². The molecule has 1 N–H and O–H groups in total. The van der Waals surface area contributed by atoms with Crippen LogP contribution in [0.25, 0.3) is 11.1 Å². The van der Waals surface area contributed by atoms with Gasteiger partial charge in [0.15, 0.2) is 0 Å². The first-order valence-corrected chi connectivity index (χ1v) is 8.88. The molecule has 132 valence electrons. The largest absolute Gasteiger partial charge is 0.379 e. The average molecular weight is 380 g/mol. The summed E-state index contributed by atoms with van der Waals surface area (Å²) in [6, 6.07) is 7.17. The fraction of sp³-hybridized carbons (Fsp3) is 0.333. The predicted octanol–water partition coefficient (Wildman–Crippen LogP) is 3.12. The van der Waals surface area contributed by atoms with Crippen molar-refractivity contribution in [2.75, 3.05) is 39.4 Å². The van der Waals surface area contributed by atoms with Crippen molar-refractivity contribution in [3.8, 4) is 11.1 Å². The van der Waals surface area contributed by atoms with E-state index in [1.54, 1.807) is 24.5 Å². The number of nitrogens with one attached hydrogen (secondary N) is 1. The summed E-state index contributed by atoms with van der Waals surface area (Å²) >= 11 is 12.3. The van der Waals surface area contributed by atoms with E-state index >= 15 is 0 Å². The molecule has 25 heavy (non-hydrogen) atoms. The van der Waals surface area contributed by atoms with Crippen LogP contribution in [0, 0.1) is 0 Å². The number of rotatable bonds is 5. The van der Waals surface area contributed by atoms with Crippen molar-refractivity contribution < 1.29 is 9.53 Å². The molecular weight excluding hydrogens is 361 g/mol. The number of benzene rings is 1. The number of halogens is 2. The minimum absolute atomic E-state index is 0.152. The van der Waals surface area contributed by atoms with E-state index in [9.17, 15) is 4.79 Å². The lowest BCUT2D eigenvalue weighted by Crippen LogP contribution is -2.41. The average Bonchev–Trinajstić information content (AvgIpc) is 2.65. The molecule has 7 heteroatoms. The van der Waals surface area contributed by atoms with E-state index in [0.29, 0.717) is 22.2 Å². The molecule has 1 amide bonds. The fourth-order valence-electron chi connectivity index (χ4n) is 2.69. The Morgan fingerprint density at radius 3 is 2.84 bits per heavy atom. The van der Waals surface area contributed by atoms with Crippen LogP contribution in [0.3, 0.4) is 0 Å². The molecule has 0 bridgehead atoms. The highest BCUT2D eigenvalue weighted by atomic mass is 35.5. The lowest BCUT2D eigenvalue weighted by atomic mass is 10.1. The Labute approximate surface area is 156 Å². The molecule has 0 unspecified atom stereocenters. The summed E-state index contributed by atoms with van der Waals surface area (Å²) < 4.78 is 5.31. The minimum Gasteiger partial charge on any atom is -0.379 e. The topological polar surface area (TPSA) is 54.5 Å². The SMILES string of the molecule is O=C(NCCN1CCOCC1)c1cncc(-c2cccc(Cl)c2Cl)c1. The molecule has 0 atom stereocenters. The molecule has 0 saturated carbocycles. The standard InChI is InChI=1S/C18H19Cl2N3O2/c19-16-3-1-2-15(17(16)20)13-10-14(12-21-11-13)18(24)22-4-5-23-6-8-25-9-7-23/h1-3,10-12H,4-9H2,(H,22,24). The number of hydrogen-bond donors (Lipinski definition) is 1. The quantitative estimate of drug-likeness (QED) is 0.866. The van der Waals surface area contributed by atoms with Gasteiger partial charge in [0.1, 0.15) is 0 Å². The third kappa shape index (κ3) is 4.70. The molecule has 2 aromatic rings. The molecule has 0 spiro atoms. The molecule has 1 fully saturated rings. The zero-order chi connectivity index (χ0) is 17.6. The fourth-order valence-corrected chi connectivity index (χ4v) is 3.10. The normalized spacial score (nSPS) is 15.1. The molecule has 5 nitrogen and oxygen atoms in total. The number of amides is 1. The number of carbonyl (C=O) groups excluding carboxylic acids is 1. The second kappa shape index (κ2) is 8.63. The summed E-state index contributed by atoms with van der Waals surface area (Å²) in [6.45, 7) is 4.70. The van der Waals surface area contributed by atoms with Crippen LogP contribution >= 0.6 is 23.2 Å². The molecule has 0 radical (unpaired) electrons. The van der Waals surface area contributed by atoms with E-state index in [0.717, 1.165) is 44.0 Å². The summed E-state index contributed by atoms with van der Waals surface area (Å²) in [5.74, 6) is -0.152. The van der Waals surface area contributed by atoms with Gasteiger partial charge in [0, 0.05) is 49.7 Å². The monoisotopic (exact) mass is 379 g/mol.